The monoisotopic (exact) mass is 357 g/mol. The van der Waals surface area contributed by atoms with Crippen molar-refractivity contribution in [3.8, 4) is 5.75 Å². The van der Waals surface area contributed by atoms with Crippen LogP contribution in [0.5, 0.6) is 5.75 Å². The quantitative estimate of drug-likeness (QED) is 0.660. The molecule has 1 aliphatic heterocycles. The van der Waals surface area contributed by atoms with Crippen LogP contribution >= 0.6 is 0 Å². The zero-order valence-electron chi connectivity index (χ0n) is 15.2. The van der Waals surface area contributed by atoms with Crippen molar-refractivity contribution in [2.45, 2.75) is 19.6 Å². The lowest BCUT2D eigenvalue weighted by Gasteiger charge is -2.23. The Kier molecular flexibility index (Phi) is 6.07. The highest BCUT2D eigenvalue weighted by Gasteiger charge is 2.17. The van der Waals surface area contributed by atoms with Gasteiger partial charge in [-0.15, -0.1) is 0 Å². The van der Waals surface area contributed by atoms with E-state index in [-0.39, 0.29) is 12.6 Å². The van der Waals surface area contributed by atoms with Gasteiger partial charge in [-0.2, -0.15) is 0 Å². The van der Waals surface area contributed by atoms with Crippen LogP contribution in [0.2, 0.25) is 0 Å². The highest BCUT2D eigenvalue weighted by atomic mass is 19.1. The van der Waals surface area contributed by atoms with Crippen LogP contribution in [0.15, 0.2) is 47.5 Å². The predicted octanol–water partition coefficient (Wildman–Crippen LogP) is 2.94. The Bertz CT molecular complexity index is 765. The zero-order valence-corrected chi connectivity index (χ0v) is 15.2. The second-order valence-electron chi connectivity index (χ2n) is 6.23. The molecule has 1 heterocycles. The Morgan fingerprint density at radius 1 is 1.27 bits per heavy atom. The van der Waals surface area contributed by atoms with E-state index >= 15 is 0 Å². The molecule has 6 heteroatoms. The number of nitrogens with one attached hydrogen (secondary N) is 1. The lowest BCUT2D eigenvalue weighted by molar-refractivity contribution is -0.0172. The van der Waals surface area contributed by atoms with Gasteiger partial charge in [-0.3, -0.25) is 4.99 Å². The first kappa shape index (κ1) is 18.2. The number of fused-ring (bicyclic) bond motifs is 1. The van der Waals surface area contributed by atoms with Crippen molar-refractivity contribution in [3.05, 3.63) is 65.0 Å². The molecule has 0 amide bonds. The van der Waals surface area contributed by atoms with Crippen LogP contribution in [0.3, 0.4) is 0 Å². The molecular weight excluding hydrogens is 333 g/mol. The number of hydrogen-bond donors (Lipinski definition) is 1. The van der Waals surface area contributed by atoms with E-state index in [2.05, 4.69) is 27.3 Å². The summed E-state index contributed by atoms with van der Waals surface area (Å²) in [4.78, 5) is 6.38. The molecule has 5 nitrogen and oxygen atoms in total. The molecule has 0 saturated carbocycles. The molecule has 3 rings (SSSR count). The molecule has 0 spiro atoms. The largest absolute Gasteiger partial charge is 0.467 e. The maximum absolute atomic E-state index is 13.8. The fourth-order valence-electron chi connectivity index (χ4n) is 3.07. The average molecular weight is 357 g/mol. The van der Waals surface area contributed by atoms with Gasteiger partial charge in [-0.1, -0.05) is 30.3 Å². The minimum Gasteiger partial charge on any atom is -0.467 e. The minimum absolute atomic E-state index is 0.209. The maximum Gasteiger partial charge on any atom is 0.193 e. The minimum atomic E-state index is -0.265. The summed E-state index contributed by atoms with van der Waals surface area (Å²) >= 11 is 0. The lowest BCUT2D eigenvalue weighted by atomic mass is 10.1. The molecule has 0 saturated heterocycles. The van der Waals surface area contributed by atoms with Crippen LogP contribution in [0.25, 0.3) is 0 Å². The van der Waals surface area contributed by atoms with Crippen LogP contribution in [-0.2, 0) is 24.3 Å². The fraction of sp³-hybridized carbons (Fsp3) is 0.350. The van der Waals surface area contributed by atoms with Gasteiger partial charge in [0.1, 0.15) is 11.6 Å². The Labute approximate surface area is 153 Å². The van der Waals surface area contributed by atoms with E-state index < -0.39 is 0 Å². The van der Waals surface area contributed by atoms with Gasteiger partial charge in [0.25, 0.3) is 0 Å². The van der Waals surface area contributed by atoms with Crippen molar-refractivity contribution in [1.29, 1.82) is 0 Å². The first-order valence-corrected chi connectivity index (χ1v) is 8.65. The topological polar surface area (TPSA) is 46.1 Å². The van der Waals surface area contributed by atoms with Gasteiger partial charge in [0.05, 0.1) is 6.61 Å². The predicted molar refractivity (Wildman–Crippen MR) is 99.7 cm³/mol. The molecule has 26 heavy (non-hydrogen) atoms. The Morgan fingerprint density at radius 3 is 2.85 bits per heavy atom. The van der Waals surface area contributed by atoms with E-state index in [0.29, 0.717) is 19.6 Å². The standard InChI is InChI=1S/C20H24FN3O2/c1-22-20(24(2)12-15-6-4-3-5-7-15)23-9-8-16-10-18(21)11-17-13-25-14-26-19(16)17/h3-7,10-11H,8-9,12-14H2,1-2H3,(H,22,23). The number of hydrogen-bond acceptors (Lipinski definition) is 3. The first-order chi connectivity index (χ1) is 12.7. The third-order valence-electron chi connectivity index (χ3n) is 4.27. The van der Waals surface area contributed by atoms with E-state index in [1.165, 1.54) is 17.7 Å². The molecule has 0 bridgehead atoms. The molecule has 0 atom stereocenters. The smallest absolute Gasteiger partial charge is 0.193 e. The Balaban J connectivity index is 1.59. The SMILES string of the molecule is CN=C(NCCc1cc(F)cc2c1OCOC2)N(C)Cc1ccccc1. The number of guanidine groups is 1. The van der Waals surface area contributed by atoms with Crippen molar-refractivity contribution in [2.24, 2.45) is 4.99 Å². The van der Waals surface area contributed by atoms with Crippen LogP contribution in [0, 0.1) is 5.82 Å². The molecule has 0 aliphatic carbocycles. The summed E-state index contributed by atoms with van der Waals surface area (Å²) in [5, 5.41) is 3.33. The van der Waals surface area contributed by atoms with Gasteiger partial charge in [-0.25, -0.2) is 4.39 Å². The fourth-order valence-corrected chi connectivity index (χ4v) is 3.07. The maximum atomic E-state index is 13.8. The van der Waals surface area contributed by atoms with Gasteiger partial charge >= 0.3 is 0 Å². The van der Waals surface area contributed by atoms with Crippen LogP contribution in [0.1, 0.15) is 16.7 Å². The molecular formula is C20H24FN3O2. The van der Waals surface area contributed by atoms with Gasteiger partial charge in [0, 0.05) is 32.7 Å². The van der Waals surface area contributed by atoms with E-state index in [1.807, 2.05) is 25.2 Å². The molecule has 0 aromatic heterocycles. The van der Waals surface area contributed by atoms with Crippen LogP contribution < -0.4 is 10.1 Å². The molecule has 0 fully saturated rings. The first-order valence-electron chi connectivity index (χ1n) is 8.65. The summed E-state index contributed by atoms with van der Waals surface area (Å²) in [5.74, 6) is 1.27. The summed E-state index contributed by atoms with van der Waals surface area (Å²) in [6, 6.07) is 13.2. The van der Waals surface area contributed by atoms with E-state index in [1.54, 1.807) is 7.05 Å². The number of halogens is 1. The van der Waals surface area contributed by atoms with Gasteiger partial charge in [0.2, 0.25) is 0 Å². The third-order valence-corrected chi connectivity index (χ3v) is 4.27. The van der Waals surface area contributed by atoms with Crippen molar-refractivity contribution < 1.29 is 13.9 Å². The van der Waals surface area contributed by atoms with Crippen LogP contribution in [-0.4, -0.2) is 38.3 Å². The van der Waals surface area contributed by atoms with E-state index in [0.717, 1.165) is 29.4 Å². The summed E-state index contributed by atoms with van der Waals surface area (Å²) < 4.78 is 24.6. The molecule has 0 unspecified atom stereocenters. The van der Waals surface area contributed by atoms with Crippen molar-refractivity contribution >= 4 is 5.96 Å². The highest BCUT2D eigenvalue weighted by molar-refractivity contribution is 5.79. The summed E-state index contributed by atoms with van der Waals surface area (Å²) in [5.41, 5.74) is 2.82. The summed E-state index contributed by atoms with van der Waals surface area (Å²) in [7, 11) is 3.75. The number of aliphatic imine (C=N–C) groups is 1. The Morgan fingerprint density at radius 2 is 2.08 bits per heavy atom. The third kappa shape index (κ3) is 4.52. The van der Waals surface area contributed by atoms with Gasteiger partial charge in [-0.05, 0) is 29.7 Å². The van der Waals surface area contributed by atoms with Crippen LogP contribution in [0.4, 0.5) is 4.39 Å². The summed E-state index contributed by atoms with van der Waals surface area (Å²) in [6.07, 6.45) is 0.637. The molecule has 2 aromatic rings. The number of ether oxygens (including phenoxy) is 2. The molecule has 1 aliphatic rings. The summed E-state index contributed by atoms with van der Waals surface area (Å²) in [6.45, 7) is 1.98. The zero-order chi connectivity index (χ0) is 18.4. The number of nitrogens with zero attached hydrogens (tertiary/aromatic N) is 2. The number of benzene rings is 2. The second-order valence-corrected chi connectivity index (χ2v) is 6.23. The van der Waals surface area contributed by atoms with Gasteiger partial charge < -0.3 is 19.7 Å². The molecule has 2 aromatic carbocycles. The average Bonchev–Trinajstić information content (AvgIpc) is 2.65. The molecule has 0 radical (unpaired) electrons. The number of rotatable bonds is 5. The van der Waals surface area contributed by atoms with Gasteiger partial charge in [0.15, 0.2) is 12.8 Å². The Hall–Kier alpha value is -2.60. The van der Waals surface area contributed by atoms with Crippen molar-refractivity contribution in [3.63, 3.8) is 0 Å². The molecule has 1 N–H and O–H groups in total. The lowest BCUT2D eigenvalue weighted by Crippen LogP contribution is -2.39. The van der Waals surface area contributed by atoms with Crippen molar-refractivity contribution in [1.82, 2.24) is 10.2 Å². The van der Waals surface area contributed by atoms with E-state index in [9.17, 15) is 4.39 Å². The van der Waals surface area contributed by atoms with Crippen molar-refractivity contribution in [2.75, 3.05) is 27.4 Å². The molecule has 138 valence electrons. The second kappa shape index (κ2) is 8.67. The normalized spacial score (nSPS) is 13.7. The highest BCUT2D eigenvalue weighted by Crippen LogP contribution is 2.29. The van der Waals surface area contributed by atoms with E-state index in [4.69, 9.17) is 9.47 Å².